The highest BCUT2D eigenvalue weighted by molar-refractivity contribution is 7.80. The molecule has 0 radical (unpaired) electrons. The van der Waals surface area contributed by atoms with E-state index in [1.165, 1.54) is 24.9 Å². The Kier molecular flexibility index (Phi) is 3.88. The smallest absolute Gasteiger partial charge is 0.107 e. The number of thiocarbonyl (C=S) groups is 1. The zero-order chi connectivity index (χ0) is 15.1. The van der Waals surface area contributed by atoms with Gasteiger partial charge < -0.3 is 10.6 Å². The molecule has 2 bridgehead atoms. The molecule has 0 aliphatic carbocycles. The number of fused-ring (bicyclic) bond motifs is 2. The van der Waals surface area contributed by atoms with Crippen LogP contribution in [-0.2, 0) is 0 Å². The number of nitrogens with zero attached hydrogens (tertiary/aromatic N) is 3. The van der Waals surface area contributed by atoms with Crippen molar-refractivity contribution in [2.75, 3.05) is 25.0 Å². The molecule has 21 heavy (non-hydrogen) atoms. The van der Waals surface area contributed by atoms with Gasteiger partial charge in [0.25, 0.3) is 0 Å². The van der Waals surface area contributed by atoms with Gasteiger partial charge in [0.1, 0.15) is 4.99 Å². The molecule has 0 saturated carbocycles. The third kappa shape index (κ3) is 2.64. The molecule has 2 fully saturated rings. The minimum Gasteiger partial charge on any atom is -0.389 e. The fourth-order valence-corrected chi connectivity index (χ4v) is 4.14. The van der Waals surface area contributed by atoms with Crippen molar-refractivity contribution in [2.45, 2.75) is 45.2 Å². The first-order valence-corrected chi connectivity index (χ1v) is 8.13. The number of aromatic nitrogens is 1. The van der Waals surface area contributed by atoms with E-state index in [9.17, 15) is 0 Å². The fraction of sp³-hybridized carbons (Fsp3) is 0.625. The number of likely N-dealkylation sites (N-methyl/N-ethyl adjacent to an activating group) is 1. The lowest BCUT2D eigenvalue weighted by atomic mass is 10.1. The van der Waals surface area contributed by atoms with E-state index in [1.54, 1.807) is 0 Å². The number of rotatable bonds is 2. The topological polar surface area (TPSA) is 45.4 Å². The van der Waals surface area contributed by atoms with Crippen LogP contribution in [-0.4, -0.2) is 47.1 Å². The summed E-state index contributed by atoms with van der Waals surface area (Å²) in [7, 11) is 2.27. The maximum atomic E-state index is 5.97. The maximum Gasteiger partial charge on any atom is 0.107 e. The molecule has 4 nitrogen and oxygen atoms in total. The normalized spacial score (nSPS) is 26.0. The summed E-state index contributed by atoms with van der Waals surface area (Å²) in [6.07, 6.45) is 3.85. The van der Waals surface area contributed by atoms with Gasteiger partial charge in [-0.25, -0.2) is 0 Å². The van der Waals surface area contributed by atoms with Gasteiger partial charge >= 0.3 is 0 Å². The first kappa shape index (κ1) is 14.7. The molecular weight excluding hydrogens is 280 g/mol. The molecule has 2 saturated heterocycles. The van der Waals surface area contributed by atoms with Gasteiger partial charge in [0, 0.05) is 36.6 Å². The van der Waals surface area contributed by atoms with E-state index < -0.39 is 0 Å². The largest absolute Gasteiger partial charge is 0.389 e. The Morgan fingerprint density at radius 3 is 2.71 bits per heavy atom. The van der Waals surface area contributed by atoms with Crippen molar-refractivity contribution in [3.8, 4) is 0 Å². The molecule has 1 aromatic heterocycles. The summed E-state index contributed by atoms with van der Waals surface area (Å²) in [5.74, 6) is 0. The van der Waals surface area contributed by atoms with Crippen molar-refractivity contribution in [3.05, 3.63) is 23.0 Å². The molecule has 2 aliphatic heterocycles. The van der Waals surface area contributed by atoms with Gasteiger partial charge in [-0.05, 0) is 46.2 Å². The van der Waals surface area contributed by atoms with Crippen LogP contribution in [0.4, 0.5) is 5.69 Å². The number of aryl methyl sites for hydroxylation is 2. The number of pyridine rings is 1. The van der Waals surface area contributed by atoms with E-state index in [4.69, 9.17) is 18.0 Å². The van der Waals surface area contributed by atoms with Crippen molar-refractivity contribution < 1.29 is 0 Å². The molecule has 2 atom stereocenters. The van der Waals surface area contributed by atoms with Gasteiger partial charge in [0.05, 0.1) is 11.3 Å². The summed E-state index contributed by atoms with van der Waals surface area (Å²) in [5.41, 5.74) is 10.1. The Bertz CT molecular complexity index is 572. The molecule has 0 aromatic carbocycles. The van der Waals surface area contributed by atoms with E-state index in [1.807, 2.05) is 13.8 Å². The van der Waals surface area contributed by atoms with Crippen LogP contribution in [0.5, 0.6) is 0 Å². The molecule has 3 rings (SSSR count). The second-order valence-corrected chi connectivity index (χ2v) is 6.83. The van der Waals surface area contributed by atoms with E-state index in [0.29, 0.717) is 11.0 Å². The Balaban J connectivity index is 1.98. The SMILES string of the molecule is Cc1cc(N2CCC3CCC(C2)N3C)c(C(N)=S)c(C)n1. The molecule has 0 spiro atoms. The average Bonchev–Trinajstić information content (AvgIpc) is 2.61. The lowest BCUT2D eigenvalue weighted by molar-refractivity contribution is 0.254. The van der Waals surface area contributed by atoms with Gasteiger partial charge in [-0.1, -0.05) is 12.2 Å². The minimum atomic E-state index is 0.456. The molecule has 2 N–H and O–H groups in total. The van der Waals surface area contributed by atoms with Crippen LogP contribution >= 0.6 is 12.2 Å². The van der Waals surface area contributed by atoms with Crippen LogP contribution in [0.2, 0.25) is 0 Å². The van der Waals surface area contributed by atoms with Crippen LogP contribution < -0.4 is 10.6 Å². The van der Waals surface area contributed by atoms with Crippen LogP contribution in [0.25, 0.3) is 0 Å². The Morgan fingerprint density at radius 1 is 1.29 bits per heavy atom. The van der Waals surface area contributed by atoms with E-state index in [-0.39, 0.29) is 0 Å². The zero-order valence-corrected chi connectivity index (χ0v) is 13.9. The molecular formula is C16H24N4S. The monoisotopic (exact) mass is 304 g/mol. The Labute approximate surface area is 132 Å². The summed E-state index contributed by atoms with van der Waals surface area (Å²) in [5, 5.41) is 0. The standard InChI is InChI=1S/C16H24N4S/c1-10-8-14(15(16(17)21)11(2)18-10)20-7-6-12-4-5-13(9-20)19(12)3/h8,12-13H,4-7,9H2,1-3H3,(H2,17,21). The van der Waals surface area contributed by atoms with Crippen molar-refractivity contribution in [3.63, 3.8) is 0 Å². The highest BCUT2D eigenvalue weighted by Gasteiger charge is 2.35. The van der Waals surface area contributed by atoms with Crippen molar-refractivity contribution in [1.82, 2.24) is 9.88 Å². The molecule has 114 valence electrons. The first-order valence-electron chi connectivity index (χ1n) is 7.72. The van der Waals surface area contributed by atoms with Gasteiger partial charge in [-0.3, -0.25) is 9.88 Å². The summed E-state index contributed by atoms with van der Waals surface area (Å²) >= 11 is 5.27. The summed E-state index contributed by atoms with van der Waals surface area (Å²) in [4.78, 5) is 10.0. The predicted octanol–water partition coefficient (Wildman–Crippen LogP) is 2.01. The van der Waals surface area contributed by atoms with Crippen molar-refractivity contribution in [1.29, 1.82) is 0 Å². The molecule has 5 heteroatoms. The van der Waals surface area contributed by atoms with Gasteiger partial charge in [0.2, 0.25) is 0 Å². The van der Waals surface area contributed by atoms with E-state index in [0.717, 1.165) is 36.1 Å². The van der Waals surface area contributed by atoms with Crippen LogP contribution in [0, 0.1) is 13.8 Å². The summed E-state index contributed by atoms with van der Waals surface area (Å²) in [6.45, 7) is 6.17. The van der Waals surface area contributed by atoms with Gasteiger partial charge in [-0.2, -0.15) is 0 Å². The summed E-state index contributed by atoms with van der Waals surface area (Å²) in [6, 6.07) is 3.52. The van der Waals surface area contributed by atoms with Crippen molar-refractivity contribution in [2.24, 2.45) is 5.73 Å². The third-order valence-corrected chi connectivity index (χ3v) is 5.25. The first-order chi connectivity index (χ1) is 9.97. The quantitative estimate of drug-likeness (QED) is 0.847. The maximum absolute atomic E-state index is 5.97. The zero-order valence-electron chi connectivity index (χ0n) is 13.1. The number of hydrogen-bond donors (Lipinski definition) is 1. The molecule has 1 aromatic rings. The van der Waals surface area contributed by atoms with E-state index in [2.05, 4.69) is 27.9 Å². The fourth-order valence-electron chi connectivity index (χ4n) is 3.89. The van der Waals surface area contributed by atoms with Crippen LogP contribution in [0.15, 0.2) is 6.07 Å². The highest BCUT2D eigenvalue weighted by Crippen LogP contribution is 2.32. The van der Waals surface area contributed by atoms with Gasteiger partial charge in [-0.15, -0.1) is 0 Å². The lowest BCUT2D eigenvalue weighted by Crippen LogP contribution is -2.37. The number of nitrogens with two attached hydrogens (primary N) is 1. The molecule has 2 unspecified atom stereocenters. The molecule has 0 amide bonds. The van der Waals surface area contributed by atoms with Crippen molar-refractivity contribution >= 4 is 22.9 Å². The third-order valence-electron chi connectivity index (χ3n) is 5.04. The highest BCUT2D eigenvalue weighted by atomic mass is 32.1. The van der Waals surface area contributed by atoms with Crippen LogP contribution in [0.1, 0.15) is 36.2 Å². The average molecular weight is 304 g/mol. The second-order valence-electron chi connectivity index (χ2n) is 6.39. The number of anilines is 1. The predicted molar refractivity (Wildman–Crippen MR) is 91.0 cm³/mol. The minimum absolute atomic E-state index is 0.456. The summed E-state index contributed by atoms with van der Waals surface area (Å²) < 4.78 is 0. The van der Waals surface area contributed by atoms with E-state index >= 15 is 0 Å². The molecule has 3 heterocycles. The Hall–Kier alpha value is -1.20. The van der Waals surface area contributed by atoms with Crippen LogP contribution in [0.3, 0.4) is 0 Å². The second kappa shape index (κ2) is 5.54. The lowest BCUT2D eigenvalue weighted by Gasteiger charge is -2.30. The Morgan fingerprint density at radius 2 is 2.00 bits per heavy atom. The molecule has 2 aliphatic rings. The number of hydrogen-bond acceptors (Lipinski definition) is 4. The van der Waals surface area contributed by atoms with Gasteiger partial charge in [0.15, 0.2) is 0 Å².